The van der Waals surface area contributed by atoms with Gasteiger partial charge in [-0.15, -0.1) is 0 Å². The number of anilines is 1. The summed E-state index contributed by atoms with van der Waals surface area (Å²) in [5.74, 6) is 1.09. The van der Waals surface area contributed by atoms with E-state index >= 15 is 0 Å². The summed E-state index contributed by atoms with van der Waals surface area (Å²) in [4.78, 5) is 16.2. The lowest BCUT2D eigenvalue weighted by Gasteiger charge is -2.23. The Hall–Kier alpha value is -3.28. The number of hydrogen-bond acceptors (Lipinski definition) is 5. The van der Waals surface area contributed by atoms with Crippen molar-refractivity contribution in [1.29, 1.82) is 0 Å². The number of aromatic nitrogens is 5. The van der Waals surface area contributed by atoms with Crippen molar-refractivity contribution < 1.29 is 0 Å². The van der Waals surface area contributed by atoms with E-state index in [9.17, 15) is 0 Å². The molecule has 0 amide bonds. The third kappa shape index (κ3) is 3.46. The summed E-state index contributed by atoms with van der Waals surface area (Å²) in [6.07, 6.45) is 10.5. The van der Waals surface area contributed by atoms with Crippen LogP contribution in [-0.4, -0.2) is 38.2 Å². The first-order valence-corrected chi connectivity index (χ1v) is 10.3. The van der Waals surface area contributed by atoms with Crippen LogP contribution < -0.4 is 4.90 Å². The molecule has 1 N–H and O–H groups in total. The molecule has 146 valence electrons. The Balaban J connectivity index is 1.57. The largest absolute Gasteiger partial charge is 0.356 e. The number of rotatable bonds is 3. The highest BCUT2D eigenvalue weighted by atomic mass is 15.2. The van der Waals surface area contributed by atoms with Gasteiger partial charge >= 0.3 is 0 Å². The summed E-state index contributed by atoms with van der Waals surface area (Å²) in [7, 11) is 0. The van der Waals surface area contributed by atoms with E-state index in [0.29, 0.717) is 0 Å². The van der Waals surface area contributed by atoms with Gasteiger partial charge in [-0.1, -0.05) is 18.9 Å². The standard InChI is InChI=1S/C23H24N6/c1-16-8-9-19(26-23(16)29-11-4-2-3-5-12-29)22-18-13-20(17-7-6-10-24-14-17)25-15-21(18)27-28-22/h6-10,13-15H,2-5,11-12H2,1H3,(H,27,28). The molecule has 0 aliphatic carbocycles. The van der Waals surface area contributed by atoms with Gasteiger partial charge in [-0.05, 0) is 49.6 Å². The number of nitrogens with zero attached hydrogens (tertiary/aromatic N) is 5. The van der Waals surface area contributed by atoms with Crippen LogP contribution in [0.4, 0.5) is 5.82 Å². The molecule has 6 nitrogen and oxygen atoms in total. The summed E-state index contributed by atoms with van der Waals surface area (Å²) in [6.45, 7) is 4.30. The van der Waals surface area contributed by atoms with Gasteiger partial charge in [0.05, 0.1) is 23.1 Å². The minimum absolute atomic E-state index is 0.864. The van der Waals surface area contributed by atoms with E-state index in [1.165, 1.54) is 31.2 Å². The zero-order valence-corrected chi connectivity index (χ0v) is 16.6. The van der Waals surface area contributed by atoms with Crippen molar-refractivity contribution in [2.45, 2.75) is 32.6 Å². The van der Waals surface area contributed by atoms with Crippen LogP contribution in [0.5, 0.6) is 0 Å². The van der Waals surface area contributed by atoms with Crippen molar-refractivity contribution in [3.63, 3.8) is 0 Å². The number of nitrogens with one attached hydrogen (secondary N) is 1. The maximum atomic E-state index is 5.04. The molecule has 5 heterocycles. The third-order valence-electron chi connectivity index (χ3n) is 5.62. The average Bonchev–Trinajstić information content (AvgIpc) is 3.00. The Kier molecular flexibility index (Phi) is 4.68. The zero-order valence-electron chi connectivity index (χ0n) is 16.6. The molecule has 4 aromatic rings. The van der Waals surface area contributed by atoms with Gasteiger partial charge in [0.15, 0.2) is 0 Å². The molecule has 0 saturated carbocycles. The molecule has 1 aliphatic rings. The van der Waals surface area contributed by atoms with E-state index in [2.05, 4.69) is 50.2 Å². The predicted molar refractivity (Wildman–Crippen MR) is 116 cm³/mol. The highest BCUT2D eigenvalue weighted by Crippen LogP contribution is 2.30. The maximum Gasteiger partial charge on any atom is 0.132 e. The van der Waals surface area contributed by atoms with Crippen LogP contribution in [0.3, 0.4) is 0 Å². The van der Waals surface area contributed by atoms with Crippen LogP contribution in [0.25, 0.3) is 33.5 Å². The number of hydrogen-bond donors (Lipinski definition) is 1. The summed E-state index contributed by atoms with van der Waals surface area (Å²) in [5.41, 5.74) is 5.75. The molecule has 1 fully saturated rings. The highest BCUT2D eigenvalue weighted by Gasteiger charge is 2.17. The summed E-state index contributed by atoms with van der Waals surface area (Å²) in [6, 6.07) is 10.2. The third-order valence-corrected chi connectivity index (χ3v) is 5.62. The van der Waals surface area contributed by atoms with Crippen molar-refractivity contribution in [2.75, 3.05) is 18.0 Å². The average molecular weight is 384 g/mol. The number of aryl methyl sites for hydroxylation is 1. The quantitative estimate of drug-likeness (QED) is 0.551. The molecule has 1 aliphatic heterocycles. The first-order chi connectivity index (χ1) is 14.3. The van der Waals surface area contributed by atoms with Crippen LogP contribution in [0.15, 0.2) is 48.9 Å². The molecule has 29 heavy (non-hydrogen) atoms. The fourth-order valence-electron chi connectivity index (χ4n) is 4.04. The lowest BCUT2D eigenvalue weighted by Crippen LogP contribution is -2.25. The fraction of sp³-hybridized carbons (Fsp3) is 0.304. The van der Waals surface area contributed by atoms with Gasteiger partial charge in [-0.25, -0.2) is 4.98 Å². The van der Waals surface area contributed by atoms with Crippen molar-refractivity contribution in [1.82, 2.24) is 25.1 Å². The monoisotopic (exact) mass is 384 g/mol. The van der Waals surface area contributed by atoms with Gasteiger partial charge in [0.25, 0.3) is 0 Å². The second-order valence-electron chi connectivity index (χ2n) is 7.67. The number of pyridine rings is 3. The lowest BCUT2D eigenvalue weighted by molar-refractivity contribution is 0.726. The predicted octanol–water partition coefficient (Wildman–Crippen LogP) is 4.77. The van der Waals surface area contributed by atoms with Crippen molar-refractivity contribution in [3.8, 4) is 22.6 Å². The molecule has 5 rings (SSSR count). The normalized spacial score (nSPS) is 14.9. The molecule has 0 atom stereocenters. The van der Waals surface area contributed by atoms with Crippen molar-refractivity contribution >= 4 is 16.7 Å². The minimum Gasteiger partial charge on any atom is -0.356 e. The van der Waals surface area contributed by atoms with E-state index in [-0.39, 0.29) is 0 Å². The van der Waals surface area contributed by atoms with Gasteiger partial charge < -0.3 is 4.90 Å². The number of fused-ring (bicyclic) bond motifs is 1. The van der Waals surface area contributed by atoms with Crippen LogP contribution in [0, 0.1) is 6.92 Å². The Morgan fingerprint density at radius 2 is 1.83 bits per heavy atom. The van der Waals surface area contributed by atoms with Crippen LogP contribution in [0.2, 0.25) is 0 Å². The lowest BCUT2D eigenvalue weighted by atomic mass is 10.1. The molecule has 1 saturated heterocycles. The molecule has 6 heteroatoms. The molecule has 0 unspecified atom stereocenters. The zero-order chi connectivity index (χ0) is 19.6. The fourth-order valence-corrected chi connectivity index (χ4v) is 4.04. The van der Waals surface area contributed by atoms with Gasteiger partial charge in [-0.3, -0.25) is 15.1 Å². The molecular weight excluding hydrogens is 360 g/mol. The molecule has 0 radical (unpaired) electrons. The molecule has 0 bridgehead atoms. The Bertz CT molecular complexity index is 1130. The second-order valence-corrected chi connectivity index (χ2v) is 7.67. The smallest absolute Gasteiger partial charge is 0.132 e. The van der Waals surface area contributed by atoms with Crippen molar-refractivity contribution in [2.24, 2.45) is 0 Å². The van der Waals surface area contributed by atoms with Crippen LogP contribution in [-0.2, 0) is 0 Å². The van der Waals surface area contributed by atoms with E-state index < -0.39 is 0 Å². The minimum atomic E-state index is 0.864. The molecule has 4 aromatic heterocycles. The second kappa shape index (κ2) is 7.62. The van der Waals surface area contributed by atoms with Gasteiger partial charge in [-0.2, -0.15) is 5.10 Å². The topological polar surface area (TPSA) is 70.6 Å². The Labute approximate surface area is 170 Å². The van der Waals surface area contributed by atoms with Gasteiger partial charge in [0, 0.05) is 36.4 Å². The summed E-state index contributed by atoms with van der Waals surface area (Å²) >= 11 is 0. The van der Waals surface area contributed by atoms with Crippen molar-refractivity contribution in [3.05, 3.63) is 54.5 Å². The highest BCUT2D eigenvalue weighted by molar-refractivity contribution is 5.93. The summed E-state index contributed by atoms with van der Waals surface area (Å²) in [5, 5.41) is 8.71. The Morgan fingerprint density at radius 3 is 2.62 bits per heavy atom. The number of aromatic amines is 1. The SMILES string of the molecule is Cc1ccc(-c2n[nH]c3cnc(-c4cccnc4)cc23)nc1N1CCCCCC1. The molecule has 0 aromatic carbocycles. The van der Waals surface area contributed by atoms with Crippen LogP contribution in [0.1, 0.15) is 31.2 Å². The Morgan fingerprint density at radius 1 is 0.966 bits per heavy atom. The van der Waals surface area contributed by atoms with E-state index in [1.807, 2.05) is 24.5 Å². The van der Waals surface area contributed by atoms with Gasteiger partial charge in [0.2, 0.25) is 0 Å². The summed E-state index contributed by atoms with van der Waals surface area (Å²) < 4.78 is 0. The van der Waals surface area contributed by atoms with E-state index in [4.69, 9.17) is 4.98 Å². The van der Waals surface area contributed by atoms with E-state index in [0.717, 1.165) is 52.5 Å². The molecular formula is C23H24N6. The first kappa shape index (κ1) is 17.8. The number of H-pyrrole nitrogens is 1. The maximum absolute atomic E-state index is 5.04. The van der Waals surface area contributed by atoms with Crippen LogP contribution >= 0.6 is 0 Å². The molecule has 0 spiro atoms. The first-order valence-electron chi connectivity index (χ1n) is 10.3. The van der Waals surface area contributed by atoms with E-state index in [1.54, 1.807) is 6.20 Å². The van der Waals surface area contributed by atoms with Gasteiger partial charge in [0.1, 0.15) is 11.5 Å².